The Hall–Kier alpha value is -1.92. The monoisotopic (exact) mass is 348 g/mol. The molecule has 24 heavy (non-hydrogen) atoms. The molecule has 0 amide bonds. The summed E-state index contributed by atoms with van der Waals surface area (Å²) in [5, 5.41) is 13.0. The third kappa shape index (κ3) is 2.91. The molecule has 1 aliphatic heterocycles. The summed E-state index contributed by atoms with van der Waals surface area (Å²) in [7, 11) is -3.93. The van der Waals surface area contributed by atoms with Gasteiger partial charge in [0.2, 0.25) is 5.69 Å². The molecular formula is C18H22NO4S+. The van der Waals surface area contributed by atoms with Gasteiger partial charge in [-0.2, -0.15) is 13.0 Å². The summed E-state index contributed by atoms with van der Waals surface area (Å²) in [4.78, 5) is 0. The van der Waals surface area contributed by atoms with Crippen molar-refractivity contribution in [1.82, 2.24) is 0 Å². The van der Waals surface area contributed by atoms with Crippen LogP contribution in [0.3, 0.4) is 0 Å². The molecule has 0 aliphatic carbocycles. The summed E-state index contributed by atoms with van der Waals surface area (Å²) in [5.41, 5.74) is 1.55. The summed E-state index contributed by atoms with van der Waals surface area (Å²) >= 11 is 0. The predicted molar refractivity (Wildman–Crippen MR) is 95.0 cm³/mol. The van der Waals surface area contributed by atoms with Gasteiger partial charge in [0.1, 0.15) is 5.41 Å². The fraction of sp³-hybridized carbons (Fsp3) is 0.389. The van der Waals surface area contributed by atoms with E-state index >= 15 is 0 Å². The van der Waals surface area contributed by atoms with Crippen molar-refractivity contribution in [2.24, 2.45) is 0 Å². The molecule has 2 N–H and O–H groups in total. The highest BCUT2D eigenvalue weighted by Gasteiger charge is 2.47. The van der Waals surface area contributed by atoms with E-state index in [1.807, 2.05) is 42.7 Å². The molecule has 0 saturated heterocycles. The summed E-state index contributed by atoms with van der Waals surface area (Å²) in [6, 6.07) is 12.1. The van der Waals surface area contributed by atoms with Crippen LogP contribution in [-0.2, 0) is 15.5 Å². The third-order valence-electron chi connectivity index (χ3n) is 4.67. The molecule has 6 heteroatoms. The van der Waals surface area contributed by atoms with Gasteiger partial charge in [-0.1, -0.05) is 24.3 Å². The molecule has 1 aliphatic rings. The van der Waals surface area contributed by atoms with Gasteiger partial charge in [0, 0.05) is 12.5 Å². The first kappa shape index (κ1) is 16.9. The highest BCUT2D eigenvalue weighted by Crippen LogP contribution is 2.43. The summed E-state index contributed by atoms with van der Waals surface area (Å²) in [6.45, 7) is 4.49. The molecule has 0 aromatic heterocycles. The number of fused-ring (bicyclic) bond motifs is 3. The lowest BCUT2D eigenvalue weighted by Gasteiger charge is -2.15. The first-order valence-electron chi connectivity index (χ1n) is 8.03. The van der Waals surface area contributed by atoms with Crippen molar-refractivity contribution in [1.29, 1.82) is 0 Å². The topological polar surface area (TPSA) is 77.6 Å². The second kappa shape index (κ2) is 5.86. The Morgan fingerprint density at radius 2 is 1.79 bits per heavy atom. The minimum Gasteiger partial charge on any atom is -0.463 e. The van der Waals surface area contributed by atoms with Crippen LogP contribution in [0.5, 0.6) is 0 Å². The highest BCUT2D eigenvalue weighted by atomic mass is 32.2. The van der Waals surface area contributed by atoms with Crippen LogP contribution in [0.2, 0.25) is 0 Å². The standard InChI is InChI=1S/C18H21NO4S/c1-18(2)16-14-8-4-3-7-13(14)9-10-15(16)19(17(18)20)11-5-6-12-24(21,22)23/h3-4,7-10H,5-6,11-12H2,1-2H3,(H,21,22,23)/p+1. The number of hydrogen-bond donors (Lipinski definition) is 2. The SMILES string of the molecule is CC1(C)C(O)=[N+](CCCCS(=O)(=O)O)c2ccc3ccccc3c21. The van der Waals surface area contributed by atoms with Gasteiger partial charge in [-0.25, -0.2) is 0 Å². The van der Waals surface area contributed by atoms with Crippen molar-refractivity contribution in [2.45, 2.75) is 32.1 Å². The van der Waals surface area contributed by atoms with Crippen LogP contribution in [0, 0.1) is 0 Å². The maximum atomic E-state index is 10.8. The highest BCUT2D eigenvalue weighted by molar-refractivity contribution is 7.85. The van der Waals surface area contributed by atoms with E-state index in [0.29, 0.717) is 19.4 Å². The van der Waals surface area contributed by atoms with Crippen LogP contribution in [0.1, 0.15) is 32.3 Å². The van der Waals surface area contributed by atoms with E-state index in [-0.39, 0.29) is 11.7 Å². The summed E-state index contributed by atoms with van der Waals surface area (Å²) < 4.78 is 32.3. The zero-order valence-electron chi connectivity index (χ0n) is 13.9. The minimum atomic E-state index is -3.93. The molecule has 3 rings (SSSR count). The molecule has 0 fully saturated rings. The van der Waals surface area contributed by atoms with Gasteiger partial charge >= 0.3 is 5.90 Å². The van der Waals surface area contributed by atoms with Crippen molar-refractivity contribution in [2.75, 3.05) is 12.3 Å². The summed E-state index contributed by atoms with van der Waals surface area (Å²) in [5.74, 6) is 0.0240. The number of hydrogen-bond acceptors (Lipinski definition) is 2. The molecular weight excluding hydrogens is 326 g/mol. The molecule has 0 bridgehead atoms. The van der Waals surface area contributed by atoms with Crippen molar-refractivity contribution in [3.05, 3.63) is 42.0 Å². The molecule has 2 aromatic rings. The van der Waals surface area contributed by atoms with E-state index in [1.54, 1.807) is 0 Å². The van der Waals surface area contributed by atoms with Gasteiger partial charge in [-0.05, 0) is 37.1 Å². The average molecular weight is 348 g/mol. The zero-order valence-corrected chi connectivity index (χ0v) is 14.7. The number of benzene rings is 2. The van der Waals surface area contributed by atoms with E-state index in [1.165, 1.54) is 0 Å². The van der Waals surface area contributed by atoms with E-state index in [9.17, 15) is 13.5 Å². The first-order chi connectivity index (χ1) is 11.2. The molecule has 1 heterocycles. The molecule has 0 unspecified atom stereocenters. The lowest BCUT2D eigenvalue weighted by Crippen LogP contribution is -2.29. The van der Waals surface area contributed by atoms with E-state index in [4.69, 9.17) is 4.55 Å². The Labute approximate surface area is 142 Å². The number of aliphatic hydroxyl groups is 1. The van der Waals surface area contributed by atoms with Gasteiger partial charge in [-0.15, -0.1) is 0 Å². The minimum absolute atomic E-state index is 0.254. The number of rotatable bonds is 5. The Morgan fingerprint density at radius 3 is 2.50 bits per heavy atom. The third-order valence-corrected chi connectivity index (χ3v) is 5.48. The number of nitrogens with zero attached hydrogens (tertiary/aromatic N) is 1. The second-order valence-corrected chi connectivity index (χ2v) is 8.35. The average Bonchev–Trinajstić information content (AvgIpc) is 2.71. The van der Waals surface area contributed by atoms with Gasteiger partial charge in [-0.3, -0.25) is 4.55 Å². The first-order valence-corrected chi connectivity index (χ1v) is 9.64. The molecule has 0 spiro atoms. The van der Waals surface area contributed by atoms with Crippen molar-refractivity contribution in [3.63, 3.8) is 0 Å². The zero-order chi connectivity index (χ0) is 17.5. The fourth-order valence-electron chi connectivity index (χ4n) is 3.49. The molecule has 2 aromatic carbocycles. The Bertz CT molecular complexity index is 929. The summed E-state index contributed by atoms with van der Waals surface area (Å²) in [6.07, 6.45) is 0.915. The largest absolute Gasteiger partial charge is 0.463 e. The lowest BCUT2D eigenvalue weighted by atomic mass is 9.82. The molecule has 0 saturated carbocycles. The number of unbranched alkanes of at least 4 members (excludes halogenated alkanes) is 1. The van der Waals surface area contributed by atoms with Crippen LogP contribution >= 0.6 is 0 Å². The molecule has 128 valence electrons. The lowest BCUT2D eigenvalue weighted by molar-refractivity contribution is -0.448. The van der Waals surface area contributed by atoms with Crippen LogP contribution in [0.4, 0.5) is 5.69 Å². The normalized spacial score (nSPS) is 16.6. The van der Waals surface area contributed by atoms with E-state index < -0.39 is 15.5 Å². The van der Waals surface area contributed by atoms with Crippen molar-refractivity contribution < 1.29 is 22.7 Å². The van der Waals surface area contributed by atoms with E-state index in [0.717, 1.165) is 22.0 Å². The van der Waals surface area contributed by atoms with E-state index in [2.05, 4.69) is 12.1 Å². The molecule has 0 atom stereocenters. The molecule has 0 radical (unpaired) electrons. The Balaban J connectivity index is 1.95. The number of aliphatic hydroxyl groups excluding tert-OH is 1. The van der Waals surface area contributed by atoms with Gasteiger partial charge < -0.3 is 5.11 Å². The van der Waals surface area contributed by atoms with Crippen LogP contribution in [0.25, 0.3) is 10.8 Å². The fourth-order valence-corrected chi connectivity index (χ4v) is 4.05. The Kier molecular flexibility index (Phi) is 4.13. The molecule has 5 nitrogen and oxygen atoms in total. The second-order valence-electron chi connectivity index (χ2n) is 6.77. The Morgan fingerprint density at radius 1 is 1.08 bits per heavy atom. The van der Waals surface area contributed by atoms with Gasteiger partial charge in [0.25, 0.3) is 10.1 Å². The van der Waals surface area contributed by atoms with Gasteiger partial charge in [0.05, 0.1) is 11.3 Å². The van der Waals surface area contributed by atoms with Crippen molar-refractivity contribution >= 4 is 32.5 Å². The maximum absolute atomic E-state index is 10.8. The quantitative estimate of drug-likeness (QED) is 0.493. The van der Waals surface area contributed by atoms with Crippen molar-refractivity contribution in [3.8, 4) is 0 Å². The van der Waals surface area contributed by atoms with Gasteiger partial charge in [0.15, 0.2) is 6.54 Å². The maximum Gasteiger partial charge on any atom is 0.350 e. The van der Waals surface area contributed by atoms with Crippen LogP contribution in [-0.4, -0.2) is 40.8 Å². The predicted octanol–water partition coefficient (Wildman–Crippen LogP) is 3.40. The van der Waals surface area contributed by atoms with Crippen LogP contribution in [0.15, 0.2) is 36.4 Å². The van der Waals surface area contributed by atoms with Crippen LogP contribution < -0.4 is 0 Å². The smallest absolute Gasteiger partial charge is 0.350 e.